The van der Waals surface area contributed by atoms with Crippen LogP contribution in [0.1, 0.15) is 24.2 Å². The second-order valence-electron chi connectivity index (χ2n) is 3.89. The Balaban J connectivity index is 2.45. The maximum atomic E-state index is 12.3. The van der Waals surface area contributed by atoms with Crippen LogP contribution in [-0.2, 0) is 16.6 Å². The largest absolute Gasteiger partial charge is 0.390 e. The highest BCUT2D eigenvalue weighted by molar-refractivity contribution is 7.89. The average Bonchev–Trinajstić information content (AvgIpc) is 2.85. The predicted molar refractivity (Wildman–Crippen MR) is 57.2 cm³/mol. The molecule has 0 spiro atoms. The first-order valence-electron chi connectivity index (χ1n) is 5.22. The zero-order valence-electron chi connectivity index (χ0n) is 9.10. The molecule has 16 heavy (non-hydrogen) atoms. The number of sulfonamides is 1. The van der Waals surface area contributed by atoms with Crippen LogP contribution in [0.15, 0.2) is 4.90 Å². The molecule has 0 aliphatic carbocycles. The summed E-state index contributed by atoms with van der Waals surface area (Å²) in [6, 6.07) is 0. The molecular weight excluding hydrogens is 230 g/mol. The number of hydrogen-bond donors (Lipinski definition) is 2. The Hall–Kier alpha value is -0.920. The van der Waals surface area contributed by atoms with Gasteiger partial charge >= 0.3 is 0 Å². The highest BCUT2D eigenvalue weighted by atomic mass is 32.2. The van der Waals surface area contributed by atoms with Crippen molar-refractivity contribution in [3.8, 4) is 0 Å². The monoisotopic (exact) mass is 245 g/mol. The molecule has 0 amide bonds. The van der Waals surface area contributed by atoms with Crippen molar-refractivity contribution in [3.05, 3.63) is 11.4 Å². The topological polar surface area (TPSA) is 86.3 Å². The number of aliphatic hydroxyl groups is 1. The average molecular weight is 245 g/mol. The molecule has 0 bridgehead atoms. The highest BCUT2D eigenvalue weighted by Crippen LogP contribution is 2.25. The number of aliphatic hydroxyl groups excluding tert-OH is 1. The third kappa shape index (κ3) is 1.74. The van der Waals surface area contributed by atoms with Gasteiger partial charge in [-0.2, -0.15) is 9.40 Å². The standard InChI is InChI=1S/C9H15N3O3S/c1-7-9(8(6-13)11-10-7)16(14,15)12-4-2-3-5-12/h13H,2-6H2,1H3,(H,10,11). The molecule has 0 saturated carbocycles. The first-order valence-corrected chi connectivity index (χ1v) is 6.66. The Kier molecular flexibility index (Phi) is 3.00. The van der Waals surface area contributed by atoms with E-state index >= 15 is 0 Å². The molecule has 90 valence electrons. The quantitative estimate of drug-likeness (QED) is 0.784. The smallest absolute Gasteiger partial charge is 0.246 e. The van der Waals surface area contributed by atoms with E-state index in [2.05, 4.69) is 10.2 Å². The molecule has 1 saturated heterocycles. The van der Waals surface area contributed by atoms with Crippen molar-refractivity contribution in [1.29, 1.82) is 0 Å². The van der Waals surface area contributed by atoms with Gasteiger partial charge in [0, 0.05) is 13.1 Å². The van der Waals surface area contributed by atoms with Crippen molar-refractivity contribution in [2.24, 2.45) is 0 Å². The number of H-pyrrole nitrogens is 1. The Labute approximate surface area is 94.3 Å². The number of aromatic nitrogens is 2. The SMILES string of the molecule is Cc1[nH]nc(CO)c1S(=O)(=O)N1CCCC1. The van der Waals surface area contributed by atoms with E-state index in [0.717, 1.165) is 12.8 Å². The lowest BCUT2D eigenvalue weighted by molar-refractivity contribution is 0.273. The van der Waals surface area contributed by atoms with Gasteiger partial charge in [-0.3, -0.25) is 5.10 Å². The van der Waals surface area contributed by atoms with Crippen LogP contribution in [0.3, 0.4) is 0 Å². The summed E-state index contributed by atoms with van der Waals surface area (Å²) in [6.45, 7) is 2.39. The number of nitrogens with zero attached hydrogens (tertiary/aromatic N) is 2. The van der Waals surface area contributed by atoms with Crippen LogP contribution in [0.2, 0.25) is 0 Å². The normalized spacial score (nSPS) is 18.1. The van der Waals surface area contributed by atoms with Gasteiger partial charge in [-0.15, -0.1) is 0 Å². The molecule has 7 heteroatoms. The summed E-state index contributed by atoms with van der Waals surface area (Å²) in [6.07, 6.45) is 1.79. The predicted octanol–water partition coefficient (Wildman–Crippen LogP) is -0.00508. The summed E-state index contributed by atoms with van der Waals surface area (Å²) in [5, 5.41) is 15.5. The molecule has 6 nitrogen and oxygen atoms in total. The fourth-order valence-corrected chi connectivity index (χ4v) is 3.81. The van der Waals surface area contributed by atoms with Crippen LogP contribution >= 0.6 is 0 Å². The molecule has 0 radical (unpaired) electrons. The number of aromatic amines is 1. The molecule has 1 fully saturated rings. The number of hydrogen-bond acceptors (Lipinski definition) is 4. The van der Waals surface area contributed by atoms with Crippen LogP contribution in [0.25, 0.3) is 0 Å². The maximum Gasteiger partial charge on any atom is 0.246 e. The maximum absolute atomic E-state index is 12.3. The van der Waals surface area contributed by atoms with E-state index in [0.29, 0.717) is 18.8 Å². The second-order valence-corrected chi connectivity index (χ2v) is 5.77. The van der Waals surface area contributed by atoms with E-state index in [1.54, 1.807) is 6.92 Å². The molecule has 1 aromatic rings. The lowest BCUT2D eigenvalue weighted by atomic mass is 10.4. The molecule has 0 atom stereocenters. The fourth-order valence-electron chi connectivity index (χ4n) is 1.98. The van der Waals surface area contributed by atoms with E-state index in [4.69, 9.17) is 5.11 Å². The molecule has 0 unspecified atom stereocenters. The molecule has 2 rings (SSSR count). The van der Waals surface area contributed by atoms with Gasteiger partial charge in [0.2, 0.25) is 10.0 Å². The zero-order chi connectivity index (χ0) is 11.8. The Bertz CT molecular complexity index is 474. The highest BCUT2D eigenvalue weighted by Gasteiger charge is 2.32. The molecule has 1 aliphatic rings. The van der Waals surface area contributed by atoms with Gasteiger partial charge in [-0.05, 0) is 19.8 Å². The van der Waals surface area contributed by atoms with Gasteiger partial charge in [0.25, 0.3) is 0 Å². The third-order valence-electron chi connectivity index (χ3n) is 2.77. The van der Waals surface area contributed by atoms with Crippen molar-refractivity contribution >= 4 is 10.0 Å². The van der Waals surface area contributed by atoms with Gasteiger partial charge < -0.3 is 5.11 Å². The second kappa shape index (κ2) is 4.15. The lowest BCUT2D eigenvalue weighted by Crippen LogP contribution is -2.28. The van der Waals surface area contributed by atoms with Crippen molar-refractivity contribution in [1.82, 2.24) is 14.5 Å². The lowest BCUT2D eigenvalue weighted by Gasteiger charge is -2.15. The molecular formula is C9H15N3O3S. The summed E-state index contributed by atoms with van der Waals surface area (Å²) >= 11 is 0. The van der Waals surface area contributed by atoms with E-state index in [-0.39, 0.29) is 17.2 Å². The van der Waals surface area contributed by atoms with Crippen molar-refractivity contribution in [2.75, 3.05) is 13.1 Å². The summed E-state index contributed by atoms with van der Waals surface area (Å²) < 4.78 is 26.0. The molecule has 0 aromatic carbocycles. The van der Waals surface area contributed by atoms with Crippen LogP contribution in [0, 0.1) is 6.92 Å². The summed E-state index contributed by atoms with van der Waals surface area (Å²) in [5.41, 5.74) is 0.681. The van der Waals surface area contributed by atoms with Crippen LogP contribution in [-0.4, -0.2) is 41.1 Å². The van der Waals surface area contributed by atoms with Crippen LogP contribution in [0.4, 0.5) is 0 Å². The summed E-state index contributed by atoms with van der Waals surface area (Å²) in [5.74, 6) is 0. The zero-order valence-corrected chi connectivity index (χ0v) is 9.92. The van der Waals surface area contributed by atoms with Crippen molar-refractivity contribution in [2.45, 2.75) is 31.3 Å². The third-order valence-corrected chi connectivity index (χ3v) is 4.88. The van der Waals surface area contributed by atoms with E-state index < -0.39 is 10.0 Å². The fraction of sp³-hybridized carbons (Fsp3) is 0.667. The number of nitrogens with one attached hydrogen (secondary N) is 1. The minimum Gasteiger partial charge on any atom is -0.390 e. The van der Waals surface area contributed by atoms with Crippen LogP contribution in [0.5, 0.6) is 0 Å². The van der Waals surface area contributed by atoms with Crippen molar-refractivity contribution < 1.29 is 13.5 Å². The van der Waals surface area contributed by atoms with Gasteiger partial charge in [0.1, 0.15) is 10.6 Å². The minimum atomic E-state index is -3.49. The molecule has 2 heterocycles. The Morgan fingerprint density at radius 1 is 1.44 bits per heavy atom. The van der Waals surface area contributed by atoms with Gasteiger partial charge in [-0.25, -0.2) is 8.42 Å². The van der Waals surface area contributed by atoms with Gasteiger partial charge in [-0.1, -0.05) is 0 Å². The van der Waals surface area contributed by atoms with E-state index in [9.17, 15) is 8.42 Å². The molecule has 1 aliphatic heterocycles. The van der Waals surface area contributed by atoms with Crippen molar-refractivity contribution in [3.63, 3.8) is 0 Å². The van der Waals surface area contributed by atoms with E-state index in [1.165, 1.54) is 4.31 Å². The van der Waals surface area contributed by atoms with E-state index in [1.807, 2.05) is 0 Å². The molecule has 1 aromatic heterocycles. The van der Waals surface area contributed by atoms with Gasteiger partial charge in [0.15, 0.2) is 0 Å². The summed E-state index contributed by atoms with van der Waals surface area (Å²) in [4.78, 5) is 0.136. The Morgan fingerprint density at radius 2 is 2.06 bits per heavy atom. The first kappa shape index (κ1) is 11.6. The first-order chi connectivity index (χ1) is 7.57. The van der Waals surface area contributed by atoms with Gasteiger partial charge in [0.05, 0.1) is 12.3 Å². The number of rotatable bonds is 3. The number of aryl methyl sites for hydroxylation is 1. The molecule has 2 N–H and O–H groups in total. The minimum absolute atomic E-state index is 0.136. The summed E-state index contributed by atoms with van der Waals surface area (Å²) in [7, 11) is -3.49. The van der Waals surface area contributed by atoms with Crippen LogP contribution < -0.4 is 0 Å². The Morgan fingerprint density at radius 3 is 2.62 bits per heavy atom.